The van der Waals surface area contributed by atoms with Crippen LogP contribution < -0.4 is 5.32 Å². The van der Waals surface area contributed by atoms with Crippen LogP contribution in [0.1, 0.15) is 25.2 Å². The summed E-state index contributed by atoms with van der Waals surface area (Å²) in [6.45, 7) is 8.17. The van der Waals surface area contributed by atoms with Crippen LogP contribution >= 0.6 is 0 Å². The summed E-state index contributed by atoms with van der Waals surface area (Å²) in [6.07, 6.45) is 3.87. The molecule has 0 spiro atoms. The Bertz CT molecular complexity index is 497. The highest BCUT2D eigenvalue weighted by Gasteiger charge is 2.08. The van der Waals surface area contributed by atoms with E-state index < -0.39 is 0 Å². The second kappa shape index (κ2) is 4.57. The smallest absolute Gasteiger partial charge is 0.207 e. The molecule has 0 atom stereocenters. The van der Waals surface area contributed by atoms with Crippen LogP contribution in [-0.2, 0) is 0 Å². The Morgan fingerprint density at radius 3 is 2.53 bits per heavy atom. The number of imidazole rings is 1. The van der Waals surface area contributed by atoms with Crippen LogP contribution in [-0.4, -0.2) is 20.6 Å². The Morgan fingerprint density at radius 2 is 1.94 bits per heavy atom. The number of nitrogens with one attached hydrogen (secondary N) is 1. The average Bonchev–Trinajstić information content (AvgIpc) is 2.59. The maximum absolute atomic E-state index is 4.47. The van der Waals surface area contributed by atoms with Crippen molar-refractivity contribution >= 4 is 5.95 Å². The fourth-order valence-corrected chi connectivity index (χ4v) is 1.66. The standard InChI is InChI=1S/C13H18N4/c1-9(2)15-13-16-11(4)8-17(13)12-6-5-10(3)14-7-12/h5-9H,1-4H3,(H,15,16). The highest BCUT2D eigenvalue weighted by atomic mass is 15.2. The van der Waals surface area contributed by atoms with Gasteiger partial charge in [-0.15, -0.1) is 0 Å². The molecule has 90 valence electrons. The number of aromatic nitrogens is 3. The Kier molecular flexibility index (Phi) is 3.13. The van der Waals surface area contributed by atoms with Crippen molar-refractivity contribution in [2.75, 3.05) is 5.32 Å². The van der Waals surface area contributed by atoms with Gasteiger partial charge >= 0.3 is 0 Å². The molecule has 0 amide bonds. The molecule has 2 heterocycles. The summed E-state index contributed by atoms with van der Waals surface area (Å²) >= 11 is 0. The quantitative estimate of drug-likeness (QED) is 0.881. The summed E-state index contributed by atoms with van der Waals surface area (Å²) in [5, 5.41) is 3.33. The van der Waals surface area contributed by atoms with Crippen molar-refractivity contribution in [2.24, 2.45) is 0 Å². The molecular weight excluding hydrogens is 212 g/mol. The number of aryl methyl sites for hydroxylation is 2. The predicted molar refractivity (Wildman–Crippen MR) is 69.6 cm³/mol. The Balaban J connectivity index is 2.40. The van der Waals surface area contributed by atoms with Crippen molar-refractivity contribution in [3.8, 4) is 5.69 Å². The van der Waals surface area contributed by atoms with Gasteiger partial charge in [-0.2, -0.15) is 0 Å². The van der Waals surface area contributed by atoms with E-state index in [1.54, 1.807) is 0 Å². The van der Waals surface area contributed by atoms with E-state index in [9.17, 15) is 0 Å². The van der Waals surface area contributed by atoms with Crippen molar-refractivity contribution in [1.29, 1.82) is 0 Å². The Labute approximate surface area is 102 Å². The van der Waals surface area contributed by atoms with E-state index in [2.05, 4.69) is 35.2 Å². The first-order valence-electron chi connectivity index (χ1n) is 5.82. The third-order valence-corrected chi connectivity index (χ3v) is 2.42. The van der Waals surface area contributed by atoms with Crippen LogP contribution in [0.2, 0.25) is 0 Å². The second-order valence-corrected chi connectivity index (χ2v) is 4.53. The molecule has 2 aromatic rings. The van der Waals surface area contributed by atoms with E-state index in [1.807, 2.05) is 36.9 Å². The van der Waals surface area contributed by atoms with Crippen molar-refractivity contribution in [3.05, 3.63) is 35.9 Å². The maximum Gasteiger partial charge on any atom is 0.207 e. The lowest BCUT2D eigenvalue weighted by Gasteiger charge is -2.11. The van der Waals surface area contributed by atoms with Gasteiger partial charge in [-0.1, -0.05) is 0 Å². The molecule has 0 saturated heterocycles. The lowest BCUT2D eigenvalue weighted by molar-refractivity contribution is 0.862. The Morgan fingerprint density at radius 1 is 1.18 bits per heavy atom. The molecular formula is C13H18N4. The minimum atomic E-state index is 0.356. The van der Waals surface area contributed by atoms with Crippen molar-refractivity contribution in [1.82, 2.24) is 14.5 Å². The third kappa shape index (κ3) is 2.64. The molecule has 2 rings (SSSR count). The van der Waals surface area contributed by atoms with E-state index in [0.29, 0.717) is 6.04 Å². The molecule has 2 aromatic heterocycles. The summed E-state index contributed by atoms with van der Waals surface area (Å²) in [4.78, 5) is 8.78. The minimum absolute atomic E-state index is 0.356. The fraction of sp³-hybridized carbons (Fsp3) is 0.385. The van der Waals surface area contributed by atoms with Gasteiger partial charge in [0.2, 0.25) is 5.95 Å². The highest BCUT2D eigenvalue weighted by Crippen LogP contribution is 2.16. The van der Waals surface area contributed by atoms with E-state index in [0.717, 1.165) is 23.0 Å². The zero-order valence-corrected chi connectivity index (χ0v) is 10.7. The van der Waals surface area contributed by atoms with Gasteiger partial charge in [-0.05, 0) is 39.8 Å². The molecule has 0 fully saturated rings. The minimum Gasteiger partial charge on any atom is -0.353 e. The van der Waals surface area contributed by atoms with E-state index in [4.69, 9.17) is 0 Å². The average molecular weight is 230 g/mol. The number of nitrogens with zero attached hydrogens (tertiary/aromatic N) is 3. The van der Waals surface area contributed by atoms with Crippen molar-refractivity contribution in [3.63, 3.8) is 0 Å². The second-order valence-electron chi connectivity index (χ2n) is 4.53. The lowest BCUT2D eigenvalue weighted by atomic mass is 10.3. The van der Waals surface area contributed by atoms with Gasteiger partial charge in [-0.25, -0.2) is 4.98 Å². The van der Waals surface area contributed by atoms with Crippen molar-refractivity contribution in [2.45, 2.75) is 33.7 Å². The van der Waals surface area contributed by atoms with Crippen LogP contribution in [0, 0.1) is 13.8 Å². The number of rotatable bonds is 3. The predicted octanol–water partition coefficient (Wildman–Crippen LogP) is 2.70. The van der Waals surface area contributed by atoms with Crippen LogP contribution in [0.15, 0.2) is 24.5 Å². The van der Waals surface area contributed by atoms with E-state index >= 15 is 0 Å². The van der Waals surface area contributed by atoms with E-state index in [-0.39, 0.29) is 0 Å². The molecule has 0 saturated carbocycles. The molecule has 4 nitrogen and oxygen atoms in total. The number of hydrogen-bond acceptors (Lipinski definition) is 3. The SMILES string of the molecule is Cc1ccc(-n2cc(C)nc2NC(C)C)cn1. The Hall–Kier alpha value is -1.84. The van der Waals surface area contributed by atoms with E-state index in [1.165, 1.54) is 0 Å². The summed E-state index contributed by atoms with van der Waals surface area (Å²) in [5.74, 6) is 0.864. The van der Waals surface area contributed by atoms with Gasteiger partial charge in [0.25, 0.3) is 0 Å². The van der Waals surface area contributed by atoms with Crippen LogP contribution in [0.25, 0.3) is 5.69 Å². The van der Waals surface area contributed by atoms with Crippen molar-refractivity contribution < 1.29 is 0 Å². The number of anilines is 1. The first-order valence-corrected chi connectivity index (χ1v) is 5.82. The molecule has 0 aliphatic carbocycles. The highest BCUT2D eigenvalue weighted by molar-refractivity contribution is 5.42. The molecule has 0 radical (unpaired) electrons. The monoisotopic (exact) mass is 230 g/mol. The van der Waals surface area contributed by atoms with Crippen LogP contribution in [0.5, 0.6) is 0 Å². The van der Waals surface area contributed by atoms with Gasteiger partial charge < -0.3 is 5.32 Å². The zero-order valence-electron chi connectivity index (χ0n) is 10.7. The molecule has 1 N–H and O–H groups in total. The normalized spacial score (nSPS) is 10.9. The topological polar surface area (TPSA) is 42.7 Å². The fourth-order valence-electron chi connectivity index (χ4n) is 1.66. The van der Waals surface area contributed by atoms with Gasteiger partial charge in [0.05, 0.1) is 17.6 Å². The molecule has 17 heavy (non-hydrogen) atoms. The lowest BCUT2D eigenvalue weighted by Crippen LogP contribution is -2.14. The van der Waals surface area contributed by atoms with Gasteiger partial charge in [0.15, 0.2) is 0 Å². The van der Waals surface area contributed by atoms with Crippen LogP contribution in [0.4, 0.5) is 5.95 Å². The summed E-state index contributed by atoms with van der Waals surface area (Å²) in [7, 11) is 0. The molecule has 4 heteroatoms. The summed E-state index contributed by atoms with van der Waals surface area (Å²) in [5.41, 5.74) is 3.04. The van der Waals surface area contributed by atoms with Gasteiger partial charge in [0, 0.05) is 17.9 Å². The molecule has 0 bridgehead atoms. The largest absolute Gasteiger partial charge is 0.353 e. The van der Waals surface area contributed by atoms with Gasteiger partial charge in [-0.3, -0.25) is 9.55 Å². The number of hydrogen-bond donors (Lipinski definition) is 1. The van der Waals surface area contributed by atoms with Gasteiger partial charge in [0.1, 0.15) is 0 Å². The first kappa shape index (κ1) is 11.6. The zero-order chi connectivity index (χ0) is 12.4. The number of pyridine rings is 1. The molecule has 0 aromatic carbocycles. The molecule has 0 aliphatic heterocycles. The summed E-state index contributed by atoms with van der Waals surface area (Å²) < 4.78 is 2.03. The first-order chi connectivity index (χ1) is 8.06. The summed E-state index contributed by atoms with van der Waals surface area (Å²) in [6, 6.07) is 4.41. The molecule has 0 unspecified atom stereocenters. The third-order valence-electron chi connectivity index (χ3n) is 2.42. The maximum atomic E-state index is 4.47. The van der Waals surface area contributed by atoms with Crippen LogP contribution in [0.3, 0.4) is 0 Å². The molecule has 0 aliphatic rings.